The number of para-hydroxylation sites is 1. The van der Waals surface area contributed by atoms with Crippen LogP contribution in [0.5, 0.6) is 0 Å². The Labute approximate surface area is 201 Å². The lowest BCUT2D eigenvalue weighted by atomic mass is 10.1. The average Bonchev–Trinajstić information content (AvgIpc) is 3.38. The SMILES string of the molecule is O=C(CCCN1C(=O)c2cccnc2Sc2ccccc21)N1CCN(C(=O)c2ccco2)CC1. The molecule has 174 valence electrons. The summed E-state index contributed by atoms with van der Waals surface area (Å²) in [7, 11) is 0. The number of nitrogens with zero attached hydrogens (tertiary/aromatic N) is 4. The van der Waals surface area contributed by atoms with E-state index in [9.17, 15) is 14.4 Å². The van der Waals surface area contributed by atoms with Crippen molar-refractivity contribution in [3.8, 4) is 0 Å². The quantitative estimate of drug-likeness (QED) is 0.560. The summed E-state index contributed by atoms with van der Waals surface area (Å²) in [6.07, 6.45) is 4.06. The van der Waals surface area contributed by atoms with E-state index in [4.69, 9.17) is 4.42 Å². The normalized spacial score (nSPS) is 15.5. The van der Waals surface area contributed by atoms with Gasteiger partial charge in [-0.05, 0) is 42.8 Å². The number of hydrogen-bond donors (Lipinski definition) is 0. The average molecular weight is 477 g/mol. The van der Waals surface area contributed by atoms with E-state index < -0.39 is 0 Å². The second kappa shape index (κ2) is 9.72. The highest BCUT2D eigenvalue weighted by Crippen LogP contribution is 2.40. The molecule has 3 amide bonds. The first-order valence-electron chi connectivity index (χ1n) is 11.3. The largest absolute Gasteiger partial charge is 0.459 e. The zero-order valence-electron chi connectivity index (χ0n) is 18.6. The minimum absolute atomic E-state index is 0.0390. The number of carbonyl (C=O) groups is 3. The Hall–Kier alpha value is -3.59. The first-order valence-corrected chi connectivity index (χ1v) is 12.1. The van der Waals surface area contributed by atoms with Crippen LogP contribution in [0.1, 0.15) is 33.8 Å². The lowest BCUT2D eigenvalue weighted by Crippen LogP contribution is -2.50. The van der Waals surface area contributed by atoms with Crippen LogP contribution in [-0.2, 0) is 4.79 Å². The van der Waals surface area contributed by atoms with Crippen LogP contribution in [0.25, 0.3) is 0 Å². The van der Waals surface area contributed by atoms with Gasteiger partial charge in [0.25, 0.3) is 11.8 Å². The fraction of sp³-hybridized carbons (Fsp3) is 0.280. The summed E-state index contributed by atoms with van der Waals surface area (Å²) in [5.41, 5.74) is 1.42. The highest BCUT2D eigenvalue weighted by Gasteiger charge is 2.29. The van der Waals surface area contributed by atoms with Gasteiger partial charge < -0.3 is 19.1 Å². The third-order valence-corrected chi connectivity index (χ3v) is 7.12. The highest BCUT2D eigenvalue weighted by atomic mass is 32.2. The van der Waals surface area contributed by atoms with E-state index in [0.29, 0.717) is 61.9 Å². The number of amides is 3. The van der Waals surface area contributed by atoms with Gasteiger partial charge in [-0.2, -0.15) is 0 Å². The number of pyridine rings is 1. The molecule has 34 heavy (non-hydrogen) atoms. The van der Waals surface area contributed by atoms with E-state index >= 15 is 0 Å². The molecule has 0 aliphatic carbocycles. The molecule has 1 fully saturated rings. The maximum Gasteiger partial charge on any atom is 0.289 e. The molecular weight excluding hydrogens is 452 g/mol. The van der Waals surface area contributed by atoms with Gasteiger partial charge in [-0.25, -0.2) is 4.98 Å². The molecule has 1 saturated heterocycles. The third-order valence-electron chi connectivity index (χ3n) is 6.03. The minimum atomic E-state index is -0.150. The predicted octanol–water partition coefficient (Wildman–Crippen LogP) is 3.55. The van der Waals surface area contributed by atoms with Gasteiger partial charge in [0.05, 0.1) is 17.5 Å². The van der Waals surface area contributed by atoms with Gasteiger partial charge in [0, 0.05) is 50.2 Å². The van der Waals surface area contributed by atoms with E-state index in [2.05, 4.69) is 4.98 Å². The number of aromatic nitrogens is 1. The number of carbonyl (C=O) groups excluding carboxylic acids is 3. The standard InChI is InChI=1S/C25H24N4O4S/c30-22(27-13-15-28(16-14-27)25(32)20-8-5-17-33-20)10-4-12-29-19-7-1-2-9-21(19)34-23-18(24(29)31)6-3-11-26-23/h1-3,5-9,11,17H,4,10,12-16H2. The van der Waals surface area contributed by atoms with Crippen molar-refractivity contribution in [3.05, 3.63) is 72.3 Å². The Bertz CT molecular complexity index is 1210. The Morgan fingerprint density at radius 2 is 1.76 bits per heavy atom. The van der Waals surface area contributed by atoms with Crippen LogP contribution in [0, 0.1) is 0 Å². The smallest absolute Gasteiger partial charge is 0.289 e. The lowest BCUT2D eigenvalue weighted by molar-refractivity contribution is -0.132. The van der Waals surface area contributed by atoms with E-state index in [1.807, 2.05) is 24.3 Å². The topological polar surface area (TPSA) is 87.0 Å². The zero-order valence-corrected chi connectivity index (χ0v) is 19.4. The number of rotatable bonds is 5. The van der Waals surface area contributed by atoms with Crippen LogP contribution < -0.4 is 4.90 Å². The van der Waals surface area contributed by atoms with E-state index in [1.54, 1.807) is 45.2 Å². The molecule has 0 bridgehead atoms. The van der Waals surface area contributed by atoms with E-state index in [1.165, 1.54) is 18.0 Å². The Morgan fingerprint density at radius 3 is 2.56 bits per heavy atom. The number of fused-ring (bicyclic) bond motifs is 2. The summed E-state index contributed by atoms with van der Waals surface area (Å²) in [5, 5.41) is 0.695. The van der Waals surface area contributed by atoms with Crippen molar-refractivity contribution in [1.29, 1.82) is 0 Å². The third kappa shape index (κ3) is 4.43. The summed E-state index contributed by atoms with van der Waals surface area (Å²) in [5.74, 6) is 0.107. The van der Waals surface area contributed by atoms with E-state index in [-0.39, 0.29) is 17.7 Å². The summed E-state index contributed by atoms with van der Waals surface area (Å²) < 4.78 is 5.19. The maximum atomic E-state index is 13.3. The van der Waals surface area contributed by atoms with Gasteiger partial charge >= 0.3 is 0 Å². The van der Waals surface area contributed by atoms with Gasteiger partial charge in [0.15, 0.2) is 5.76 Å². The van der Waals surface area contributed by atoms with Crippen LogP contribution in [0.2, 0.25) is 0 Å². The van der Waals surface area contributed by atoms with Crippen LogP contribution in [-0.4, -0.2) is 65.2 Å². The second-order valence-electron chi connectivity index (χ2n) is 8.14. The van der Waals surface area contributed by atoms with Crippen LogP contribution in [0.4, 0.5) is 5.69 Å². The van der Waals surface area contributed by atoms with Gasteiger partial charge in [0.1, 0.15) is 5.03 Å². The highest BCUT2D eigenvalue weighted by molar-refractivity contribution is 7.99. The number of furan rings is 1. The molecule has 0 unspecified atom stereocenters. The van der Waals surface area contributed by atoms with Gasteiger partial charge in [-0.15, -0.1) is 0 Å². The van der Waals surface area contributed by atoms with Gasteiger partial charge in [-0.3, -0.25) is 14.4 Å². The second-order valence-corrected chi connectivity index (χ2v) is 9.17. The molecule has 0 radical (unpaired) electrons. The molecule has 1 aromatic carbocycles. The lowest BCUT2D eigenvalue weighted by Gasteiger charge is -2.34. The number of piperazine rings is 1. The van der Waals surface area contributed by atoms with E-state index in [0.717, 1.165) is 10.6 Å². The molecule has 3 aromatic rings. The molecule has 0 spiro atoms. The number of benzene rings is 1. The molecule has 2 aliphatic heterocycles. The molecular formula is C25H24N4O4S. The molecule has 5 rings (SSSR count). The van der Waals surface area contributed by atoms with Crippen LogP contribution in [0.3, 0.4) is 0 Å². The summed E-state index contributed by atoms with van der Waals surface area (Å²) in [4.78, 5) is 49.2. The van der Waals surface area contributed by atoms with Gasteiger partial charge in [0.2, 0.25) is 5.91 Å². The molecule has 2 aliphatic rings. The number of anilines is 1. The zero-order chi connectivity index (χ0) is 23.5. The first kappa shape index (κ1) is 22.2. The summed E-state index contributed by atoms with van der Waals surface area (Å²) in [6, 6.07) is 14.7. The number of hydrogen-bond acceptors (Lipinski definition) is 6. The molecule has 4 heterocycles. The molecule has 0 N–H and O–H groups in total. The monoisotopic (exact) mass is 476 g/mol. The maximum absolute atomic E-state index is 13.3. The molecule has 0 atom stereocenters. The Balaban J connectivity index is 1.19. The van der Waals surface area contributed by atoms with Crippen molar-refractivity contribution < 1.29 is 18.8 Å². The molecule has 2 aromatic heterocycles. The Morgan fingerprint density at radius 1 is 0.971 bits per heavy atom. The Kier molecular flexibility index (Phi) is 6.35. The van der Waals surface area contributed by atoms with Crippen molar-refractivity contribution in [2.75, 3.05) is 37.6 Å². The van der Waals surface area contributed by atoms with Crippen molar-refractivity contribution in [2.45, 2.75) is 22.8 Å². The van der Waals surface area contributed by atoms with Crippen LogP contribution in [0.15, 0.2) is 75.3 Å². The van der Waals surface area contributed by atoms with Crippen molar-refractivity contribution in [2.24, 2.45) is 0 Å². The van der Waals surface area contributed by atoms with Crippen molar-refractivity contribution in [1.82, 2.24) is 14.8 Å². The van der Waals surface area contributed by atoms with Gasteiger partial charge in [-0.1, -0.05) is 23.9 Å². The molecule has 9 heteroatoms. The molecule has 8 nitrogen and oxygen atoms in total. The summed E-state index contributed by atoms with van der Waals surface area (Å²) >= 11 is 1.49. The van der Waals surface area contributed by atoms with Crippen molar-refractivity contribution in [3.63, 3.8) is 0 Å². The molecule has 0 saturated carbocycles. The fourth-order valence-corrected chi connectivity index (χ4v) is 5.26. The van der Waals surface area contributed by atoms with Crippen LogP contribution >= 0.6 is 11.8 Å². The summed E-state index contributed by atoms with van der Waals surface area (Å²) in [6.45, 7) is 2.38. The predicted molar refractivity (Wildman–Crippen MR) is 127 cm³/mol. The first-order chi connectivity index (χ1) is 16.6. The van der Waals surface area contributed by atoms with Crippen molar-refractivity contribution >= 4 is 35.2 Å². The fourth-order valence-electron chi connectivity index (χ4n) is 4.24. The minimum Gasteiger partial charge on any atom is -0.459 e.